The van der Waals surface area contributed by atoms with Crippen LogP contribution < -0.4 is 14.7 Å². The molecule has 7 rings (SSSR count). The van der Waals surface area contributed by atoms with Crippen molar-refractivity contribution in [2.24, 2.45) is 0 Å². The van der Waals surface area contributed by atoms with Crippen LogP contribution >= 0.6 is 0 Å². The van der Waals surface area contributed by atoms with Crippen LogP contribution in [0.25, 0.3) is 0 Å². The smallest absolute Gasteiger partial charge is 0.123 e. The van der Waals surface area contributed by atoms with E-state index in [1.807, 2.05) is 19.2 Å². The van der Waals surface area contributed by atoms with Gasteiger partial charge in [-0.25, -0.2) is 8.78 Å². The maximum atomic E-state index is 13.3. The van der Waals surface area contributed by atoms with Crippen LogP contribution in [0.4, 0.5) is 31.5 Å². The van der Waals surface area contributed by atoms with E-state index in [1.165, 1.54) is 17.4 Å². The van der Waals surface area contributed by atoms with Crippen molar-refractivity contribution in [1.82, 2.24) is 4.90 Å². The second-order valence-corrected chi connectivity index (χ2v) is 8.76. The van der Waals surface area contributed by atoms with Crippen LogP contribution in [0.2, 0.25) is 0 Å². The minimum Gasteiger partial charge on any atom is -0.358 e. The molecule has 0 saturated heterocycles. The molecule has 0 bridgehead atoms. The fourth-order valence-corrected chi connectivity index (χ4v) is 5.35. The van der Waals surface area contributed by atoms with E-state index < -0.39 is 0 Å². The van der Waals surface area contributed by atoms with Gasteiger partial charge in [0.05, 0.1) is 11.4 Å². The summed E-state index contributed by atoms with van der Waals surface area (Å²) in [6.07, 6.45) is 6.52. The molecule has 0 aromatic heterocycles. The number of hydrogen-bond acceptors (Lipinski definition) is 4. The van der Waals surface area contributed by atoms with E-state index in [-0.39, 0.29) is 11.6 Å². The van der Waals surface area contributed by atoms with E-state index in [0.717, 1.165) is 35.3 Å². The van der Waals surface area contributed by atoms with E-state index in [0.29, 0.717) is 12.3 Å². The molecule has 162 valence electrons. The van der Waals surface area contributed by atoms with E-state index in [4.69, 9.17) is 0 Å². The maximum Gasteiger partial charge on any atom is 0.123 e. The lowest BCUT2D eigenvalue weighted by atomic mass is 10.1. The maximum absolute atomic E-state index is 13.3. The molecular formula is C26H24F2N4. The average molecular weight is 431 g/mol. The Balaban J connectivity index is 0.000000126. The highest BCUT2D eigenvalue weighted by Crippen LogP contribution is 2.49. The molecule has 2 unspecified atom stereocenters. The van der Waals surface area contributed by atoms with Gasteiger partial charge < -0.3 is 19.6 Å². The highest BCUT2D eigenvalue weighted by molar-refractivity contribution is 5.86. The van der Waals surface area contributed by atoms with Gasteiger partial charge in [0.2, 0.25) is 0 Å². The number of benzene rings is 3. The third-order valence-electron chi connectivity index (χ3n) is 6.95. The van der Waals surface area contributed by atoms with Crippen molar-refractivity contribution < 1.29 is 8.78 Å². The second-order valence-electron chi connectivity index (χ2n) is 8.76. The van der Waals surface area contributed by atoms with Gasteiger partial charge in [0, 0.05) is 50.7 Å². The summed E-state index contributed by atoms with van der Waals surface area (Å²) in [6.45, 7) is 0. The predicted molar refractivity (Wildman–Crippen MR) is 124 cm³/mol. The van der Waals surface area contributed by atoms with Crippen molar-refractivity contribution in [2.75, 3.05) is 28.8 Å². The normalized spacial score (nSPS) is 21.1. The Morgan fingerprint density at radius 1 is 0.688 bits per heavy atom. The van der Waals surface area contributed by atoms with E-state index >= 15 is 0 Å². The predicted octanol–water partition coefficient (Wildman–Crippen LogP) is 5.23. The summed E-state index contributed by atoms with van der Waals surface area (Å²) >= 11 is 0. The number of nitrogens with zero attached hydrogens (tertiary/aromatic N) is 4. The van der Waals surface area contributed by atoms with Gasteiger partial charge >= 0.3 is 0 Å². The standard InChI is InChI=1S/C15H13FN2.C11H11FN2/c1-17-13-4-2-3-5-14(13)18-12-7-6-11(16)8-10(12)9-15(17)18;1-13-4-5-14-10-3-2-9(12)6-8(10)7-11(13)14/h2-8,15H,9H2,1H3;2-6,11H,7H2,1H3. The first-order valence-corrected chi connectivity index (χ1v) is 10.9. The van der Waals surface area contributed by atoms with E-state index in [2.05, 4.69) is 63.3 Å². The van der Waals surface area contributed by atoms with Crippen molar-refractivity contribution in [3.63, 3.8) is 0 Å². The topological polar surface area (TPSA) is 13.0 Å². The lowest BCUT2D eigenvalue weighted by Gasteiger charge is -2.23. The number of anilines is 4. The Labute approximate surface area is 186 Å². The molecule has 0 amide bonds. The second kappa shape index (κ2) is 6.99. The molecule has 0 radical (unpaired) electrons. The highest BCUT2D eigenvalue weighted by atomic mass is 19.1. The lowest BCUT2D eigenvalue weighted by molar-refractivity contribution is 0.369. The molecule has 32 heavy (non-hydrogen) atoms. The molecule has 0 N–H and O–H groups in total. The Kier molecular flexibility index (Phi) is 4.18. The largest absolute Gasteiger partial charge is 0.358 e. The summed E-state index contributed by atoms with van der Waals surface area (Å²) in [6, 6.07) is 18.5. The molecule has 0 saturated carbocycles. The third-order valence-corrected chi connectivity index (χ3v) is 6.95. The van der Waals surface area contributed by atoms with Gasteiger partial charge in [-0.3, -0.25) is 0 Å². The number of fused-ring (bicyclic) bond motifs is 8. The zero-order chi connectivity index (χ0) is 22.0. The minimum absolute atomic E-state index is 0.142. The van der Waals surface area contributed by atoms with Gasteiger partial charge in [0.25, 0.3) is 0 Å². The van der Waals surface area contributed by atoms with E-state index in [1.54, 1.807) is 18.2 Å². The summed E-state index contributed by atoms with van der Waals surface area (Å²) < 4.78 is 26.3. The van der Waals surface area contributed by atoms with Crippen molar-refractivity contribution in [1.29, 1.82) is 0 Å². The zero-order valence-corrected chi connectivity index (χ0v) is 18.0. The monoisotopic (exact) mass is 430 g/mol. The van der Waals surface area contributed by atoms with Gasteiger partial charge in [0.15, 0.2) is 0 Å². The van der Waals surface area contributed by atoms with Gasteiger partial charge in [-0.05, 0) is 59.7 Å². The average Bonchev–Trinajstić information content (AvgIpc) is 3.50. The van der Waals surface area contributed by atoms with Crippen LogP contribution in [-0.2, 0) is 12.8 Å². The van der Waals surface area contributed by atoms with Crippen LogP contribution in [0.15, 0.2) is 73.1 Å². The molecule has 0 fully saturated rings. The third kappa shape index (κ3) is 2.79. The summed E-state index contributed by atoms with van der Waals surface area (Å²) in [5.41, 5.74) is 6.94. The summed E-state index contributed by atoms with van der Waals surface area (Å²) in [5.74, 6) is -0.289. The Hall–Kier alpha value is -3.54. The molecule has 4 aliphatic heterocycles. The Morgan fingerprint density at radius 2 is 1.31 bits per heavy atom. The number of hydrogen-bond donors (Lipinski definition) is 0. The van der Waals surface area contributed by atoms with Gasteiger partial charge in [0.1, 0.15) is 24.0 Å². The van der Waals surface area contributed by atoms with Crippen LogP contribution in [-0.4, -0.2) is 31.3 Å². The Morgan fingerprint density at radius 3 is 2.06 bits per heavy atom. The quantitative estimate of drug-likeness (QED) is 0.484. The molecule has 4 nitrogen and oxygen atoms in total. The van der Waals surface area contributed by atoms with Crippen molar-refractivity contribution in [3.05, 3.63) is 95.8 Å². The molecule has 4 heterocycles. The van der Waals surface area contributed by atoms with Gasteiger partial charge in [-0.1, -0.05) is 12.1 Å². The fraction of sp³-hybridized carbons (Fsp3) is 0.231. The summed E-state index contributed by atoms with van der Waals surface area (Å²) in [5, 5.41) is 0. The fourth-order valence-electron chi connectivity index (χ4n) is 5.35. The van der Waals surface area contributed by atoms with Gasteiger partial charge in [-0.2, -0.15) is 0 Å². The zero-order valence-electron chi connectivity index (χ0n) is 18.0. The molecule has 0 spiro atoms. The van der Waals surface area contributed by atoms with Gasteiger partial charge in [-0.15, -0.1) is 0 Å². The number of halogens is 2. The summed E-state index contributed by atoms with van der Waals surface area (Å²) in [4.78, 5) is 8.92. The highest BCUT2D eigenvalue weighted by Gasteiger charge is 2.40. The van der Waals surface area contributed by atoms with Crippen LogP contribution in [0, 0.1) is 11.6 Å². The van der Waals surface area contributed by atoms with Crippen LogP contribution in [0.3, 0.4) is 0 Å². The molecule has 3 aromatic carbocycles. The van der Waals surface area contributed by atoms with Crippen LogP contribution in [0.1, 0.15) is 11.1 Å². The first-order chi connectivity index (χ1) is 15.5. The minimum atomic E-state index is -0.147. The molecule has 6 heteroatoms. The Bertz CT molecular complexity index is 1240. The molecular weight excluding hydrogens is 406 g/mol. The number of rotatable bonds is 0. The molecule has 4 aliphatic rings. The number of para-hydroxylation sites is 2. The summed E-state index contributed by atoms with van der Waals surface area (Å²) in [7, 11) is 4.15. The lowest BCUT2D eigenvalue weighted by Crippen LogP contribution is -2.35. The van der Waals surface area contributed by atoms with E-state index in [9.17, 15) is 8.78 Å². The van der Waals surface area contributed by atoms with Crippen molar-refractivity contribution in [2.45, 2.75) is 25.2 Å². The first-order valence-electron chi connectivity index (χ1n) is 10.9. The van der Waals surface area contributed by atoms with Crippen LogP contribution in [0.5, 0.6) is 0 Å². The van der Waals surface area contributed by atoms with Crippen molar-refractivity contribution >= 4 is 22.7 Å². The number of likely N-dealkylation sites (N-methyl/N-ethyl adjacent to an activating group) is 2. The molecule has 3 aromatic rings. The molecule has 2 atom stereocenters. The SMILES string of the molecule is CN1C=CN2c3ccc(F)cc3CC12.CN1c2ccccc2N2c3ccc(F)cc3CC12. The molecule has 0 aliphatic carbocycles. The first kappa shape index (κ1) is 19.2. The van der Waals surface area contributed by atoms with Crippen molar-refractivity contribution in [3.8, 4) is 0 Å².